The van der Waals surface area contributed by atoms with Crippen molar-refractivity contribution in [2.45, 2.75) is 168 Å². The van der Waals surface area contributed by atoms with Gasteiger partial charge in [0.2, 0.25) is 0 Å². The molecule has 0 aliphatic carbocycles. The van der Waals surface area contributed by atoms with Crippen molar-refractivity contribution >= 4 is 0 Å². The Hall–Kier alpha value is -0.800. The van der Waals surface area contributed by atoms with E-state index in [1.807, 2.05) is 12.3 Å². The molecule has 0 rings (SSSR count). The first kappa shape index (κ1) is 37.2. The van der Waals surface area contributed by atoms with Gasteiger partial charge in [0.25, 0.3) is 0 Å². The predicted molar refractivity (Wildman–Crippen MR) is 170 cm³/mol. The SMILES string of the molecule is CCCCCCCCCCCCCCCCCCC=CC=COCC(COCCCCCCCC)N(C)C. The lowest BCUT2D eigenvalue weighted by Gasteiger charge is -2.23. The Labute approximate surface area is 240 Å². The number of nitrogens with zero attached hydrogens (tertiary/aromatic N) is 1. The molecular weight excluding hydrogens is 466 g/mol. The second-order valence-electron chi connectivity index (χ2n) is 11.6. The van der Waals surface area contributed by atoms with Gasteiger partial charge in [0, 0.05) is 6.61 Å². The summed E-state index contributed by atoms with van der Waals surface area (Å²) in [6, 6.07) is 0.300. The number of ether oxygens (including phenoxy) is 2. The highest BCUT2D eigenvalue weighted by molar-refractivity contribution is 4.99. The lowest BCUT2D eigenvalue weighted by molar-refractivity contribution is 0.0454. The van der Waals surface area contributed by atoms with E-state index in [2.05, 4.69) is 45.0 Å². The molecule has 0 amide bonds. The molecule has 38 heavy (non-hydrogen) atoms. The first-order valence-corrected chi connectivity index (χ1v) is 16.9. The van der Waals surface area contributed by atoms with E-state index in [-0.39, 0.29) is 0 Å². The Bertz CT molecular complexity index is 488. The van der Waals surface area contributed by atoms with E-state index in [1.54, 1.807) is 0 Å². The second kappa shape index (κ2) is 32.4. The molecule has 0 aromatic carbocycles. The summed E-state index contributed by atoms with van der Waals surface area (Å²) in [5.41, 5.74) is 0. The molecule has 0 aliphatic rings. The summed E-state index contributed by atoms with van der Waals surface area (Å²) >= 11 is 0. The van der Waals surface area contributed by atoms with Gasteiger partial charge in [-0.3, -0.25) is 0 Å². The van der Waals surface area contributed by atoms with E-state index in [1.165, 1.54) is 148 Å². The van der Waals surface area contributed by atoms with Crippen LogP contribution < -0.4 is 0 Å². The predicted octanol–water partition coefficient (Wildman–Crippen LogP) is 11.0. The summed E-state index contributed by atoms with van der Waals surface area (Å²) in [5.74, 6) is 0. The molecule has 0 radical (unpaired) electrons. The summed E-state index contributed by atoms with van der Waals surface area (Å²) in [4.78, 5) is 2.20. The van der Waals surface area contributed by atoms with E-state index in [0.717, 1.165) is 13.2 Å². The third-order valence-corrected chi connectivity index (χ3v) is 7.62. The van der Waals surface area contributed by atoms with Crippen LogP contribution in [0.4, 0.5) is 0 Å². The highest BCUT2D eigenvalue weighted by atomic mass is 16.5. The van der Waals surface area contributed by atoms with E-state index >= 15 is 0 Å². The molecule has 0 heterocycles. The average Bonchev–Trinajstić information content (AvgIpc) is 2.91. The number of rotatable bonds is 31. The number of unbranched alkanes of at least 4 members (excludes halogenated alkanes) is 21. The zero-order valence-electron chi connectivity index (χ0n) is 26.5. The number of likely N-dealkylation sites (N-methyl/N-ethyl adjacent to an activating group) is 1. The molecule has 0 aliphatic heterocycles. The van der Waals surface area contributed by atoms with Crippen molar-refractivity contribution in [3.05, 3.63) is 24.5 Å². The maximum Gasteiger partial charge on any atom is 0.105 e. The van der Waals surface area contributed by atoms with Crippen molar-refractivity contribution < 1.29 is 9.47 Å². The summed E-state index contributed by atoms with van der Waals surface area (Å²) in [7, 11) is 4.20. The van der Waals surface area contributed by atoms with Crippen LogP contribution in [0.2, 0.25) is 0 Å². The van der Waals surface area contributed by atoms with Gasteiger partial charge < -0.3 is 14.4 Å². The van der Waals surface area contributed by atoms with Crippen molar-refractivity contribution in [2.24, 2.45) is 0 Å². The maximum absolute atomic E-state index is 5.90. The van der Waals surface area contributed by atoms with Crippen molar-refractivity contribution in [1.29, 1.82) is 0 Å². The average molecular weight is 536 g/mol. The molecule has 3 heteroatoms. The Morgan fingerprint density at radius 3 is 1.45 bits per heavy atom. The quantitative estimate of drug-likeness (QED) is 0.0500. The van der Waals surface area contributed by atoms with Crippen LogP contribution in [-0.2, 0) is 9.47 Å². The fourth-order valence-corrected chi connectivity index (χ4v) is 4.80. The summed E-state index contributed by atoms with van der Waals surface area (Å²) in [6.07, 6.45) is 40.1. The lowest BCUT2D eigenvalue weighted by Crippen LogP contribution is -2.36. The molecule has 1 unspecified atom stereocenters. The van der Waals surface area contributed by atoms with Gasteiger partial charge in [-0.05, 0) is 39.4 Å². The monoisotopic (exact) mass is 536 g/mol. The molecule has 0 bridgehead atoms. The third kappa shape index (κ3) is 29.8. The van der Waals surface area contributed by atoms with Crippen LogP contribution in [0.3, 0.4) is 0 Å². The van der Waals surface area contributed by atoms with Gasteiger partial charge in [0.15, 0.2) is 0 Å². The molecule has 0 aromatic rings. The zero-order valence-corrected chi connectivity index (χ0v) is 26.5. The molecular formula is C35H69NO2. The van der Waals surface area contributed by atoms with Gasteiger partial charge in [-0.1, -0.05) is 154 Å². The van der Waals surface area contributed by atoms with Crippen molar-refractivity contribution in [1.82, 2.24) is 4.90 Å². The normalized spacial score (nSPS) is 12.9. The molecule has 0 spiro atoms. The highest BCUT2D eigenvalue weighted by Gasteiger charge is 2.11. The Balaban J connectivity index is 3.45. The van der Waals surface area contributed by atoms with Crippen LogP contribution in [0.1, 0.15) is 162 Å². The Kier molecular flexibility index (Phi) is 31.7. The van der Waals surface area contributed by atoms with Crippen LogP contribution >= 0.6 is 0 Å². The minimum Gasteiger partial charge on any atom is -0.499 e. The number of hydrogen-bond acceptors (Lipinski definition) is 3. The first-order chi connectivity index (χ1) is 18.7. The molecule has 0 saturated heterocycles. The first-order valence-electron chi connectivity index (χ1n) is 16.9. The molecule has 0 aromatic heterocycles. The van der Waals surface area contributed by atoms with Crippen molar-refractivity contribution in [3.63, 3.8) is 0 Å². The third-order valence-electron chi connectivity index (χ3n) is 7.62. The van der Waals surface area contributed by atoms with Crippen LogP contribution in [0.5, 0.6) is 0 Å². The minimum absolute atomic E-state index is 0.300. The molecule has 0 fully saturated rings. The van der Waals surface area contributed by atoms with Crippen LogP contribution in [0, 0.1) is 0 Å². The fraction of sp³-hybridized carbons (Fsp3) is 0.886. The van der Waals surface area contributed by atoms with Gasteiger partial charge in [-0.15, -0.1) is 0 Å². The topological polar surface area (TPSA) is 21.7 Å². The number of allylic oxidation sites excluding steroid dienone is 3. The Morgan fingerprint density at radius 1 is 0.526 bits per heavy atom. The van der Waals surface area contributed by atoms with E-state index in [9.17, 15) is 0 Å². The van der Waals surface area contributed by atoms with Crippen LogP contribution in [-0.4, -0.2) is 44.9 Å². The largest absolute Gasteiger partial charge is 0.499 e. The van der Waals surface area contributed by atoms with Gasteiger partial charge in [-0.2, -0.15) is 0 Å². The molecule has 226 valence electrons. The van der Waals surface area contributed by atoms with E-state index in [0.29, 0.717) is 12.6 Å². The fourth-order valence-electron chi connectivity index (χ4n) is 4.80. The van der Waals surface area contributed by atoms with Gasteiger partial charge in [0.05, 0.1) is 18.9 Å². The summed E-state index contributed by atoms with van der Waals surface area (Å²) < 4.78 is 11.7. The smallest absolute Gasteiger partial charge is 0.105 e. The second-order valence-corrected chi connectivity index (χ2v) is 11.6. The van der Waals surface area contributed by atoms with Crippen molar-refractivity contribution in [3.8, 4) is 0 Å². The zero-order chi connectivity index (χ0) is 27.8. The van der Waals surface area contributed by atoms with E-state index in [4.69, 9.17) is 9.47 Å². The highest BCUT2D eigenvalue weighted by Crippen LogP contribution is 2.14. The maximum atomic E-state index is 5.90. The minimum atomic E-state index is 0.300. The number of hydrogen-bond donors (Lipinski definition) is 0. The van der Waals surface area contributed by atoms with Gasteiger partial charge >= 0.3 is 0 Å². The van der Waals surface area contributed by atoms with E-state index < -0.39 is 0 Å². The standard InChI is InChI=1S/C35H69NO2/c1-5-7-9-11-13-14-15-16-17-18-19-20-21-22-23-24-25-26-28-30-32-38-34-35(36(3)4)33-37-31-29-27-12-10-8-6-2/h26,28,30,32,35H,5-25,27,29,31,33-34H2,1-4H3. The molecule has 1 atom stereocenters. The summed E-state index contributed by atoms with van der Waals surface area (Å²) in [5, 5.41) is 0. The molecule has 0 N–H and O–H groups in total. The Morgan fingerprint density at radius 2 is 0.974 bits per heavy atom. The molecule has 0 saturated carbocycles. The lowest BCUT2D eigenvalue weighted by atomic mass is 10.0. The van der Waals surface area contributed by atoms with Gasteiger partial charge in [-0.25, -0.2) is 0 Å². The molecule has 3 nitrogen and oxygen atoms in total. The van der Waals surface area contributed by atoms with Crippen LogP contribution in [0.15, 0.2) is 24.5 Å². The van der Waals surface area contributed by atoms with Crippen LogP contribution in [0.25, 0.3) is 0 Å². The summed E-state index contributed by atoms with van der Waals surface area (Å²) in [6.45, 7) is 6.85. The van der Waals surface area contributed by atoms with Crippen molar-refractivity contribution in [2.75, 3.05) is 33.9 Å². The van der Waals surface area contributed by atoms with Gasteiger partial charge in [0.1, 0.15) is 6.61 Å².